The molecule has 3 rings (SSSR count). The molecule has 1 aromatic rings. The van der Waals surface area contributed by atoms with Gasteiger partial charge in [-0.1, -0.05) is 43.6 Å². The zero-order chi connectivity index (χ0) is 14.3. The summed E-state index contributed by atoms with van der Waals surface area (Å²) in [5, 5.41) is 0.837. The Balaban J connectivity index is 1.61. The first-order valence-electron chi connectivity index (χ1n) is 7.32. The number of fused-ring (bicyclic) bond motifs is 1. The van der Waals surface area contributed by atoms with Crippen LogP contribution in [0.15, 0.2) is 24.3 Å². The third-order valence-electron chi connectivity index (χ3n) is 4.48. The van der Waals surface area contributed by atoms with Crippen LogP contribution in [0.5, 0.6) is 0 Å². The summed E-state index contributed by atoms with van der Waals surface area (Å²) >= 11 is 6.22. The Hall–Kier alpha value is -1.06. The van der Waals surface area contributed by atoms with Crippen LogP contribution in [0.1, 0.15) is 19.4 Å². The van der Waals surface area contributed by atoms with E-state index in [0.29, 0.717) is 12.0 Å². The van der Waals surface area contributed by atoms with Crippen molar-refractivity contribution in [2.45, 2.75) is 26.4 Å². The van der Waals surface area contributed by atoms with E-state index in [1.807, 2.05) is 36.9 Å². The van der Waals surface area contributed by atoms with E-state index in [1.165, 1.54) is 5.56 Å². The minimum atomic E-state index is 0.101. The maximum atomic E-state index is 12.1. The van der Waals surface area contributed by atoms with E-state index in [9.17, 15) is 4.79 Å². The summed E-state index contributed by atoms with van der Waals surface area (Å²) in [7, 11) is 0. The topological polar surface area (TPSA) is 23.6 Å². The number of halogens is 1. The van der Waals surface area contributed by atoms with Crippen molar-refractivity contribution in [3.63, 3.8) is 0 Å². The van der Waals surface area contributed by atoms with Crippen molar-refractivity contribution in [2.24, 2.45) is 11.8 Å². The van der Waals surface area contributed by atoms with Gasteiger partial charge in [-0.25, -0.2) is 0 Å². The first-order chi connectivity index (χ1) is 9.56. The molecule has 2 fully saturated rings. The van der Waals surface area contributed by atoms with Gasteiger partial charge in [-0.3, -0.25) is 9.69 Å². The van der Waals surface area contributed by atoms with Crippen molar-refractivity contribution in [2.75, 3.05) is 19.6 Å². The Bertz CT molecular complexity index is 517. The Morgan fingerprint density at radius 3 is 2.75 bits per heavy atom. The molecule has 1 amide bonds. The van der Waals surface area contributed by atoms with Gasteiger partial charge in [-0.05, 0) is 11.6 Å². The number of benzene rings is 1. The van der Waals surface area contributed by atoms with Crippen molar-refractivity contribution < 1.29 is 4.79 Å². The third kappa shape index (κ3) is 2.45. The first-order valence-corrected chi connectivity index (χ1v) is 7.70. The summed E-state index contributed by atoms with van der Waals surface area (Å²) < 4.78 is 0. The van der Waals surface area contributed by atoms with Gasteiger partial charge in [0.05, 0.1) is 0 Å². The Morgan fingerprint density at radius 1 is 1.30 bits per heavy atom. The van der Waals surface area contributed by atoms with E-state index < -0.39 is 0 Å². The van der Waals surface area contributed by atoms with Crippen LogP contribution in [0.2, 0.25) is 5.02 Å². The standard InChI is InChI=1S/C16H21ClN2O/c1-11(2)16(20)19-9-13-8-18(15(13)10-19)7-12-5-3-4-6-14(12)17/h3-6,11,13,15H,7-10H2,1-2H3/t13-,15-/m1/s1. The van der Waals surface area contributed by atoms with Crippen LogP contribution in [-0.4, -0.2) is 41.4 Å². The summed E-state index contributed by atoms with van der Waals surface area (Å²) in [5.74, 6) is 1.04. The number of amides is 1. The molecule has 2 saturated heterocycles. The molecule has 0 spiro atoms. The van der Waals surface area contributed by atoms with Gasteiger partial charge in [-0.2, -0.15) is 0 Å². The van der Waals surface area contributed by atoms with Crippen LogP contribution in [-0.2, 0) is 11.3 Å². The van der Waals surface area contributed by atoms with E-state index in [4.69, 9.17) is 11.6 Å². The Kier molecular flexibility index (Phi) is 3.74. The zero-order valence-electron chi connectivity index (χ0n) is 12.1. The average Bonchev–Trinajstić information content (AvgIpc) is 2.74. The number of nitrogens with zero attached hydrogens (tertiary/aromatic N) is 2. The molecule has 3 nitrogen and oxygen atoms in total. The zero-order valence-corrected chi connectivity index (χ0v) is 12.8. The number of carbonyl (C=O) groups excluding carboxylic acids is 1. The molecule has 0 bridgehead atoms. The van der Waals surface area contributed by atoms with Crippen LogP contribution in [0.25, 0.3) is 0 Å². The molecule has 1 aromatic carbocycles. The normalized spacial score (nSPS) is 25.7. The van der Waals surface area contributed by atoms with Gasteiger partial charge in [0.15, 0.2) is 0 Å². The molecule has 0 aliphatic carbocycles. The predicted octanol–water partition coefficient (Wildman–Crippen LogP) is 2.64. The fourth-order valence-corrected chi connectivity index (χ4v) is 3.51. The molecule has 0 unspecified atom stereocenters. The van der Waals surface area contributed by atoms with Crippen molar-refractivity contribution >= 4 is 17.5 Å². The minimum Gasteiger partial charge on any atom is -0.341 e. The molecule has 4 heteroatoms. The molecule has 0 N–H and O–H groups in total. The van der Waals surface area contributed by atoms with Gasteiger partial charge in [0.2, 0.25) is 5.91 Å². The van der Waals surface area contributed by atoms with E-state index in [0.717, 1.165) is 31.2 Å². The van der Waals surface area contributed by atoms with Gasteiger partial charge in [0, 0.05) is 49.1 Å². The second-order valence-corrected chi connectivity index (χ2v) is 6.65. The van der Waals surface area contributed by atoms with Crippen LogP contribution < -0.4 is 0 Å². The number of likely N-dealkylation sites (tertiary alicyclic amines) is 2. The van der Waals surface area contributed by atoms with E-state index >= 15 is 0 Å². The van der Waals surface area contributed by atoms with E-state index in [2.05, 4.69) is 11.0 Å². The lowest BCUT2D eigenvalue weighted by molar-refractivity contribution is -0.133. The lowest BCUT2D eigenvalue weighted by atomic mass is 9.91. The Morgan fingerprint density at radius 2 is 2.05 bits per heavy atom. The van der Waals surface area contributed by atoms with Gasteiger partial charge < -0.3 is 4.90 Å². The number of rotatable bonds is 3. The van der Waals surface area contributed by atoms with Crippen molar-refractivity contribution in [3.8, 4) is 0 Å². The largest absolute Gasteiger partial charge is 0.341 e. The summed E-state index contributed by atoms with van der Waals surface area (Å²) in [6.45, 7) is 7.74. The van der Waals surface area contributed by atoms with Crippen LogP contribution >= 0.6 is 11.6 Å². The summed E-state index contributed by atoms with van der Waals surface area (Å²) in [5.41, 5.74) is 1.18. The smallest absolute Gasteiger partial charge is 0.225 e. The molecule has 108 valence electrons. The van der Waals surface area contributed by atoms with Gasteiger partial charge in [-0.15, -0.1) is 0 Å². The average molecular weight is 293 g/mol. The predicted molar refractivity (Wildman–Crippen MR) is 80.6 cm³/mol. The molecule has 0 radical (unpaired) electrons. The maximum Gasteiger partial charge on any atom is 0.225 e. The third-order valence-corrected chi connectivity index (χ3v) is 4.85. The lowest BCUT2D eigenvalue weighted by Gasteiger charge is -2.43. The lowest BCUT2D eigenvalue weighted by Crippen LogP contribution is -2.54. The highest BCUT2D eigenvalue weighted by Gasteiger charge is 2.46. The van der Waals surface area contributed by atoms with E-state index in [-0.39, 0.29) is 11.8 Å². The second kappa shape index (κ2) is 5.38. The fraction of sp³-hybridized carbons (Fsp3) is 0.562. The number of hydrogen-bond acceptors (Lipinski definition) is 2. The molecule has 2 heterocycles. The number of hydrogen-bond donors (Lipinski definition) is 0. The summed E-state index contributed by atoms with van der Waals surface area (Å²) in [4.78, 5) is 16.5. The SMILES string of the molecule is CC(C)C(=O)N1C[C@H]2CN(Cc3ccccc3Cl)[C@@H]2C1. The highest BCUT2D eigenvalue weighted by atomic mass is 35.5. The fourth-order valence-electron chi connectivity index (χ4n) is 3.32. The summed E-state index contributed by atoms with van der Waals surface area (Å²) in [6, 6.07) is 8.54. The monoisotopic (exact) mass is 292 g/mol. The first kappa shape index (κ1) is 13.9. The summed E-state index contributed by atoms with van der Waals surface area (Å²) in [6.07, 6.45) is 0. The molecular weight excluding hydrogens is 272 g/mol. The van der Waals surface area contributed by atoms with E-state index in [1.54, 1.807) is 0 Å². The van der Waals surface area contributed by atoms with Gasteiger partial charge >= 0.3 is 0 Å². The number of carbonyl (C=O) groups is 1. The van der Waals surface area contributed by atoms with Crippen LogP contribution in [0.4, 0.5) is 0 Å². The van der Waals surface area contributed by atoms with Crippen molar-refractivity contribution in [3.05, 3.63) is 34.9 Å². The highest BCUT2D eigenvalue weighted by Crippen LogP contribution is 2.34. The highest BCUT2D eigenvalue weighted by molar-refractivity contribution is 6.31. The minimum absolute atomic E-state index is 0.101. The molecule has 2 aliphatic heterocycles. The molecule has 20 heavy (non-hydrogen) atoms. The molecular formula is C16H21ClN2O. The van der Waals surface area contributed by atoms with Gasteiger partial charge in [0.25, 0.3) is 0 Å². The Labute approximate surface area is 125 Å². The van der Waals surface area contributed by atoms with Crippen LogP contribution in [0.3, 0.4) is 0 Å². The van der Waals surface area contributed by atoms with Crippen molar-refractivity contribution in [1.29, 1.82) is 0 Å². The molecule has 2 aliphatic rings. The maximum absolute atomic E-state index is 12.1. The quantitative estimate of drug-likeness (QED) is 0.855. The molecule has 0 saturated carbocycles. The molecule has 2 atom stereocenters. The molecule has 0 aromatic heterocycles. The van der Waals surface area contributed by atoms with Crippen molar-refractivity contribution in [1.82, 2.24) is 9.80 Å². The second-order valence-electron chi connectivity index (χ2n) is 6.25. The van der Waals surface area contributed by atoms with Crippen LogP contribution in [0, 0.1) is 11.8 Å². The van der Waals surface area contributed by atoms with Gasteiger partial charge in [0.1, 0.15) is 0 Å².